The lowest BCUT2D eigenvalue weighted by Crippen LogP contribution is -2.33. The van der Waals surface area contributed by atoms with Crippen molar-refractivity contribution in [3.05, 3.63) is 48.0 Å². The van der Waals surface area contributed by atoms with Crippen LogP contribution in [0.15, 0.2) is 47.4 Å². The van der Waals surface area contributed by atoms with E-state index < -0.39 is 23.7 Å². The van der Waals surface area contributed by atoms with Crippen molar-refractivity contribution in [1.82, 2.24) is 5.32 Å². The normalized spacial score (nSPS) is 16.6. The lowest BCUT2D eigenvalue weighted by molar-refractivity contribution is -0.149. The van der Waals surface area contributed by atoms with E-state index in [4.69, 9.17) is 14.2 Å². The first-order chi connectivity index (χ1) is 14.1. The molecule has 0 fully saturated rings. The first kappa shape index (κ1) is 19.1. The van der Waals surface area contributed by atoms with Gasteiger partial charge in [-0.05, 0) is 29.8 Å². The molecule has 9 heteroatoms. The highest BCUT2D eigenvalue weighted by Crippen LogP contribution is 2.36. The molecule has 0 bridgehead atoms. The summed E-state index contributed by atoms with van der Waals surface area (Å²) < 4.78 is 15.5. The number of hydrogen-bond acceptors (Lipinski definition) is 7. The lowest BCUT2D eigenvalue weighted by atomic mass is 10.2. The van der Waals surface area contributed by atoms with E-state index >= 15 is 0 Å². The summed E-state index contributed by atoms with van der Waals surface area (Å²) in [6.07, 6.45) is -0.111. The molecule has 2 aliphatic heterocycles. The van der Waals surface area contributed by atoms with Crippen LogP contribution in [0.5, 0.6) is 11.5 Å². The number of benzene rings is 2. The van der Waals surface area contributed by atoms with Crippen LogP contribution in [0.3, 0.4) is 0 Å². The van der Waals surface area contributed by atoms with Crippen molar-refractivity contribution in [1.29, 1.82) is 0 Å². The van der Waals surface area contributed by atoms with E-state index in [1.165, 1.54) is 11.8 Å². The molecule has 0 saturated heterocycles. The molecule has 2 aromatic rings. The Morgan fingerprint density at radius 3 is 2.90 bits per heavy atom. The SMILES string of the molecule is O=C(COC(=O)CC1Sc2ccccc2NC1=O)NCc1ccc2c(c1)OCO2. The predicted molar refractivity (Wildman–Crippen MR) is 105 cm³/mol. The maximum atomic E-state index is 12.1. The molecule has 2 aliphatic rings. The van der Waals surface area contributed by atoms with Gasteiger partial charge in [-0.3, -0.25) is 14.4 Å². The summed E-state index contributed by atoms with van der Waals surface area (Å²) in [5.41, 5.74) is 1.57. The van der Waals surface area contributed by atoms with Crippen LogP contribution < -0.4 is 20.1 Å². The quantitative estimate of drug-likeness (QED) is 0.698. The van der Waals surface area contributed by atoms with E-state index in [0.717, 1.165) is 16.1 Å². The van der Waals surface area contributed by atoms with Crippen LogP contribution >= 0.6 is 11.8 Å². The Balaban J connectivity index is 1.21. The number of fused-ring (bicyclic) bond motifs is 2. The van der Waals surface area contributed by atoms with Crippen LogP contribution in [-0.4, -0.2) is 36.4 Å². The third-order valence-electron chi connectivity index (χ3n) is 4.35. The Morgan fingerprint density at radius 2 is 2.00 bits per heavy atom. The number of esters is 1. The van der Waals surface area contributed by atoms with Crippen molar-refractivity contribution in [3.8, 4) is 11.5 Å². The van der Waals surface area contributed by atoms with Gasteiger partial charge < -0.3 is 24.8 Å². The highest BCUT2D eigenvalue weighted by atomic mass is 32.2. The molecule has 29 heavy (non-hydrogen) atoms. The summed E-state index contributed by atoms with van der Waals surface area (Å²) in [6.45, 7) is 0.0493. The third-order valence-corrected chi connectivity index (χ3v) is 5.62. The van der Waals surface area contributed by atoms with Crippen molar-refractivity contribution in [2.45, 2.75) is 23.1 Å². The van der Waals surface area contributed by atoms with Gasteiger partial charge in [-0.2, -0.15) is 0 Å². The first-order valence-corrected chi connectivity index (χ1v) is 9.84. The van der Waals surface area contributed by atoms with E-state index in [-0.39, 0.29) is 25.7 Å². The maximum Gasteiger partial charge on any atom is 0.307 e. The van der Waals surface area contributed by atoms with Crippen molar-refractivity contribution >= 4 is 35.2 Å². The number of ether oxygens (including phenoxy) is 3. The number of carbonyl (C=O) groups is 3. The number of para-hydroxylation sites is 1. The van der Waals surface area contributed by atoms with Gasteiger partial charge in [-0.15, -0.1) is 11.8 Å². The number of carbonyl (C=O) groups excluding carboxylic acids is 3. The number of nitrogens with one attached hydrogen (secondary N) is 2. The van der Waals surface area contributed by atoms with Gasteiger partial charge in [0.2, 0.25) is 12.7 Å². The Labute approximate surface area is 170 Å². The zero-order chi connectivity index (χ0) is 20.2. The minimum absolute atomic E-state index is 0.111. The highest BCUT2D eigenvalue weighted by molar-refractivity contribution is 8.01. The standard InChI is InChI=1S/C20H18N2O6S/c23-18(21-9-12-5-6-14-15(7-12)28-11-27-14)10-26-19(24)8-17-20(25)22-13-3-1-2-4-16(13)29-17/h1-7,17H,8-11H2,(H,21,23)(H,22,25). The highest BCUT2D eigenvalue weighted by Gasteiger charge is 2.29. The lowest BCUT2D eigenvalue weighted by Gasteiger charge is -2.23. The van der Waals surface area contributed by atoms with Crippen LogP contribution in [0.4, 0.5) is 5.69 Å². The summed E-state index contributed by atoms with van der Waals surface area (Å²) in [4.78, 5) is 37.0. The smallest absolute Gasteiger partial charge is 0.307 e. The average Bonchev–Trinajstić information content (AvgIpc) is 3.19. The molecule has 2 aromatic carbocycles. The van der Waals surface area contributed by atoms with Gasteiger partial charge >= 0.3 is 5.97 Å². The zero-order valence-electron chi connectivity index (χ0n) is 15.3. The number of hydrogen-bond donors (Lipinski definition) is 2. The molecular formula is C20H18N2O6S. The number of anilines is 1. The molecule has 0 saturated carbocycles. The Morgan fingerprint density at radius 1 is 1.17 bits per heavy atom. The summed E-state index contributed by atoms with van der Waals surface area (Å²) >= 11 is 1.31. The zero-order valence-corrected chi connectivity index (χ0v) is 16.1. The van der Waals surface area contributed by atoms with Gasteiger partial charge in [0.1, 0.15) is 0 Å². The number of thioether (sulfide) groups is 1. The molecule has 8 nitrogen and oxygen atoms in total. The third kappa shape index (κ3) is 4.62. The van der Waals surface area contributed by atoms with E-state index in [9.17, 15) is 14.4 Å². The van der Waals surface area contributed by atoms with Gasteiger partial charge in [0.15, 0.2) is 18.1 Å². The van der Waals surface area contributed by atoms with E-state index in [2.05, 4.69) is 10.6 Å². The fourth-order valence-electron chi connectivity index (χ4n) is 2.89. The van der Waals surface area contributed by atoms with E-state index in [1.54, 1.807) is 18.2 Å². The molecule has 0 aliphatic carbocycles. The average molecular weight is 414 g/mol. The number of rotatable bonds is 6. The van der Waals surface area contributed by atoms with E-state index in [1.807, 2.05) is 24.3 Å². The molecule has 2 N–H and O–H groups in total. The molecule has 0 aromatic heterocycles. The molecule has 4 rings (SSSR count). The minimum atomic E-state index is -0.602. The summed E-state index contributed by atoms with van der Waals surface area (Å²) in [5.74, 6) is 0.0181. The van der Waals surface area contributed by atoms with Gasteiger partial charge in [0.05, 0.1) is 17.4 Å². The van der Waals surface area contributed by atoms with Crippen LogP contribution in [0.2, 0.25) is 0 Å². The largest absolute Gasteiger partial charge is 0.456 e. The minimum Gasteiger partial charge on any atom is -0.456 e. The summed E-state index contributed by atoms with van der Waals surface area (Å²) in [6, 6.07) is 12.7. The van der Waals surface area contributed by atoms with Crippen molar-refractivity contribution in [2.24, 2.45) is 0 Å². The van der Waals surface area contributed by atoms with Crippen molar-refractivity contribution in [3.63, 3.8) is 0 Å². The molecule has 2 amide bonds. The second kappa shape index (κ2) is 8.44. The predicted octanol–water partition coefficient (Wildman–Crippen LogP) is 2.08. The van der Waals surface area contributed by atoms with Gasteiger partial charge in [-0.25, -0.2) is 0 Å². The molecule has 2 heterocycles. The fourth-order valence-corrected chi connectivity index (χ4v) is 3.98. The molecule has 150 valence electrons. The second-order valence-corrected chi connectivity index (χ2v) is 7.67. The Bertz CT molecular complexity index is 964. The molecule has 1 unspecified atom stereocenters. The van der Waals surface area contributed by atoms with E-state index in [0.29, 0.717) is 11.5 Å². The van der Waals surface area contributed by atoms with Crippen LogP contribution in [0.1, 0.15) is 12.0 Å². The molecule has 1 atom stereocenters. The second-order valence-electron chi connectivity index (χ2n) is 6.42. The Hall–Kier alpha value is -3.20. The monoisotopic (exact) mass is 414 g/mol. The van der Waals surface area contributed by atoms with Crippen LogP contribution in [-0.2, 0) is 25.7 Å². The molecule has 0 spiro atoms. The fraction of sp³-hybridized carbons (Fsp3) is 0.250. The maximum absolute atomic E-state index is 12.1. The first-order valence-electron chi connectivity index (χ1n) is 8.96. The molecular weight excluding hydrogens is 396 g/mol. The summed E-state index contributed by atoms with van der Waals surface area (Å²) in [5, 5.41) is 4.86. The van der Waals surface area contributed by atoms with Gasteiger partial charge in [0.25, 0.3) is 5.91 Å². The topological polar surface area (TPSA) is 103 Å². The van der Waals surface area contributed by atoms with Crippen molar-refractivity contribution in [2.75, 3.05) is 18.7 Å². The number of amides is 2. The summed E-state index contributed by atoms with van der Waals surface area (Å²) in [7, 11) is 0. The molecule has 0 radical (unpaired) electrons. The van der Waals surface area contributed by atoms with Gasteiger partial charge in [0, 0.05) is 11.4 Å². The van der Waals surface area contributed by atoms with Crippen molar-refractivity contribution < 1.29 is 28.6 Å². The van der Waals surface area contributed by atoms with Crippen LogP contribution in [0, 0.1) is 0 Å². The van der Waals surface area contributed by atoms with Crippen LogP contribution in [0.25, 0.3) is 0 Å². The Kier molecular flexibility index (Phi) is 5.57. The van der Waals surface area contributed by atoms with Gasteiger partial charge in [-0.1, -0.05) is 18.2 Å².